The van der Waals surface area contributed by atoms with Gasteiger partial charge in [-0.1, -0.05) is 53.0 Å². The monoisotopic (exact) mass is 504 g/mol. The van der Waals surface area contributed by atoms with E-state index in [1.165, 1.54) is 0 Å². The van der Waals surface area contributed by atoms with E-state index in [-0.39, 0.29) is 11.9 Å². The second-order valence-corrected chi connectivity index (χ2v) is 10.6. The van der Waals surface area contributed by atoms with Crippen LogP contribution in [-0.4, -0.2) is 37.3 Å². The molecule has 0 unspecified atom stereocenters. The highest BCUT2D eigenvalue weighted by molar-refractivity contribution is 6.31. The number of hydrogen-bond donors (Lipinski definition) is 0. The van der Waals surface area contributed by atoms with Crippen LogP contribution >= 0.6 is 23.2 Å². The number of benzene rings is 3. The Morgan fingerprint density at radius 2 is 1.69 bits per heavy atom. The van der Waals surface area contributed by atoms with Crippen molar-refractivity contribution < 1.29 is 4.79 Å². The van der Waals surface area contributed by atoms with Crippen LogP contribution in [-0.2, 0) is 11.2 Å². The first-order valence-corrected chi connectivity index (χ1v) is 12.6. The van der Waals surface area contributed by atoms with Crippen LogP contribution in [0.5, 0.6) is 0 Å². The molecule has 0 saturated carbocycles. The molecular weight excluding hydrogens is 479 g/mol. The summed E-state index contributed by atoms with van der Waals surface area (Å²) in [6.07, 6.45) is 0.598. The number of hydrazone groups is 1. The standard InChI is InChI=1S/C28H26Cl2N4O/c1-18-6-10-23(11-7-18)34-27(35)28(19(2)31-34)16-20-8-9-22(30)15-25(20)33-13-12-32(17-26(28)33)24-5-3-4-21(29)14-24/h3-11,14-15,26H,12-13,16-17H2,1-2H3/t26-,28+/m0/s1. The largest absolute Gasteiger partial charge is 0.368 e. The van der Waals surface area contributed by atoms with Crippen LogP contribution in [0.1, 0.15) is 18.1 Å². The van der Waals surface area contributed by atoms with Crippen LogP contribution < -0.4 is 14.8 Å². The van der Waals surface area contributed by atoms with Crippen molar-refractivity contribution in [2.45, 2.75) is 26.3 Å². The molecule has 6 rings (SSSR count). The van der Waals surface area contributed by atoms with Gasteiger partial charge in [0.15, 0.2) is 0 Å². The Balaban J connectivity index is 1.45. The molecule has 7 heteroatoms. The fourth-order valence-corrected chi connectivity index (χ4v) is 6.20. The minimum atomic E-state index is -0.761. The third kappa shape index (κ3) is 3.52. The summed E-state index contributed by atoms with van der Waals surface area (Å²) in [6, 6.07) is 21.8. The Kier molecular flexibility index (Phi) is 5.31. The summed E-state index contributed by atoms with van der Waals surface area (Å²) in [5.74, 6) is 0.0300. The maximum absolute atomic E-state index is 14.3. The summed E-state index contributed by atoms with van der Waals surface area (Å²) in [4.78, 5) is 19.0. The molecule has 178 valence electrons. The number of aryl methyl sites for hydroxylation is 1. The minimum Gasteiger partial charge on any atom is -0.368 e. The van der Waals surface area contributed by atoms with E-state index >= 15 is 0 Å². The van der Waals surface area contributed by atoms with Gasteiger partial charge in [0.1, 0.15) is 5.41 Å². The number of rotatable bonds is 2. The van der Waals surface area contributed by atoms with Crippen LogP contribution in [0.2, 0.25) is 10.0 Å². The van der Waals surface area contributed by atoms with E-state index in [1.54, 1.807) is 5.01 Å². The first-order chi connectivity index (χ1) is 16.9. The summed E-state index contributed by atoms with van der Waals surface area (Å²) in [6.45, 7) is 6.33. The Morgan fingerprint density at radius 3 is 2.46 bits per heavy atom. The number of carbonyl (C=O) groups is 1. The van der Waals surface area contributed by atoms with Gasteiger partial charge in [-0.05, 0) is 68.3 Å². The van der Waals surface area contributed by atoms with Gasteiger partial charge in [-0.15, -0.1) is 0 Å². The van der Waals surface area contributed by atoms with Crippen LogP contribution in [0.25, 0.3) is 0 Å². The van der Waals surface area contributed by atoms with Gasteiger partial charge in [-0.2, -0.15) is 10.1 Å². The predicted octanol–water partition coefficient (Wildman–Crippen LogP) is 5.96. The number of nitrogens with zero attached hydrogens (tertiary/aromatic N) is 4. The molecule has 1 amide bonds. The second-order valence-electron chi connectivity index (χ2n) is 9.69. The zero-order valence-electron chi connectivity index (χ0n) is 19.7. The van der Waals surface area contributed by atoms with Gasteiger partial charge in [0.25, 0.3) is 5.91 Å². The average molecular weight is 505 g/mol. The first-order valence-electron chi connectivity index (χ1n) is 11.9. The highest BCUT2D eigenvalue weighted by Crippen LogP contribution is 2.49. The number of hydrogen-bond acceptors (Lipinski definition) is 4. The zero-order chi connectivity index (χ0) is 24.3. The fraction of sp³-hybridized carbons (Fsp3) is 0.286. The molecule has 3 aliphatic rings. The van der Waals surface area contributed by atoms with E-state index in [0.717, 1.165) is 47.0 Å². The minimum absolute atomic E-state index is 0.0300. The lowest BCUT2D eigenvalue weighted by Crippen LogP contribution is -2.67. The lowest BCUT2D eigenvalue weighted by atomic mass is 9.67. The summed E-state index contributed by atoms with van der Waals surface area (Å²) in [5.41, 5.74) is 5.36. The first kappa shape index (κ1) is 22.4. The molecule has 1 spiro atoms. The van der Waals surface area contributed by atoms with Gasteiger partial charge in [0.2, 0.25) is 0 Å². The Morgan fingerprint density at radius 1 is 0.914 bits per heavy atom. The molecule has 0 aliphatic carbocycles. The molecule has 3 aromatic carbocycles. The fourth-order valence-electron chi connectivity index (χ4n) is 5.85. The van der Waals surface area contributed by atoms with Crippen LogP contribution in [0, 0.1) is 12.3 Å². The molecule has 1 fully saturated rings. The molecule has 0 N–H and O–H groups in total. The normalized spacial score (nSPS) is 23.4. The zero-order valence-corrected chi connectivity index (χ0v) is 21.2. The van der Waals surface area contributed by atoms with Crippen molar-refractivity contribution in [2.75, 3.05) is 34.4 Å². The molecule has 3 aromatic rings. The van der Waals surface area contributed by atoms with Gasteiger partial charge in [-0.25, -0.2) is 0 Å². The lowest BCUT2D eigenvalue weighted by molar-refractivity contribution is -0.125. The van der Waals surface area contributed by atoms with E-state index in [1.807, 2.05) is 68.4 Å². The van der Waals surface area contributed by atoms with Gasteiger partial charge in [0, 0.05) is 41.1 Å². The maximum Gasteiger partial charge on any atom is 0.261 e. The molecule has 0 aromatic heterocycles. The van der Waals surface area contributed by atoms with Gasteiger partial charge in [-0.3, -0.25) is 4.79 Å². The Bertz CT molecular complexity index is 1360. The second kappa shape index (κ2) is 8.28. The smallest absolute Gasteiger partial charge is 0.261 e. The number of fused-ring (bicyclic) bond motifs is 4. The van der Waals surface area contributed by atoms with Crippen LogP contribution in [0.15, 0.2) is 71.8 Å². The van der Waals surface area contributed by atoms with Gasteiger partial charge >= 0.3 is 0 Å². The predicted molar refractivity (Wildman–Crippen MR) is 144 cm³/mol. The maximum atomic E-state index is 14.3. The number of piperazine rings is 1. The van der Waals surface area contributed by atoms with Gasteiger partial charge < -0.3 is 9.80 Å². The summed E-state index contributed by atoms with van der Waals surface area (Å²) >= 11 is 12.7. The molecule has 35 heavy (non-hydrogen) atoms. The molecular formula is C28H26Cl2N4O. The molecule has 0 radical (unpaired) electrons. The van der Waals surface area contributed by atoms with Crippen LogP contribution in [0.4, 0.5) is 17.1 Å². The molecule has 1 saturated heterocycles. The van der Waals surface area contributed by atoms with E-state index in [0.29, 0.717) is 23.0 Å². The Labute approximate surface area is 215 Å². The number of halogens is 2. The third-order valence-corrected chi connectivity index (χ3v) is 8.17. The number of amides is 1. The molecule has 3 aliphatic heterocycles. The topological polar surface area (TPSA) is 39.2 Å². The lowest BCUT2D eigenvalue weighted by Gasteiger charge is -2.53. The van der Waals surface area contributed by atoms with Crippen molar-refractivity contribution in [1.29, 1.82) is 0 Å². The van der Waals surface area contributed by atoms with Crippen molar-refractivity contribution in [1.82, 2.24) is 0 Å². The SMILES string of the molecule is CC1=NN(c2ccc(C)cc2)C(=O)[C@]12Cc1ccc(Cl)cc1N1CCN(c3cccc(Cl)c3)C[C@H]12. The highest BCUT2D eigenvalue weighted by Gasteiger charge is 2.60. The highest BCUT2D eigenvalue weighted by atomic mass is 35.5. The van der Waals surface area contributed by atoms with E-state index in [4.69, 9.17) is 28.3 Å². The Hall–Kier alpha value is -3.02. The molecule has 5 nitrogen and oxygen atoms in total. The molecule has 2 atom stereocenters. The molecule has 0 bridgehead atoms. The summed E-state index contributed by atoms with van der Waals surface area (Å²) in [5, 5.41) is 7.87. The average Bonchev–Trinajstić information content (AvgIpc) is 3.10. The van der Waals surface area contributed by atoms with E-state index in [9.17, 15) is 4.79 Å². The van der Waals surface area contributed by atoms with Crippen molar-refractivity contribution in [3.8, 4) is 0 Å². The van der Waals surface area contributed by atoms with Crippen molar-refractivity contribution in [3.63, 3.8) is 0 Å². The van der Waals surface area contributed by atoms with Crippen LogP contribution in [0.3, 0.4) is 0 Å². The molecule has 3 heterocycles. The van der Waals surface area contributed by atoms with E-state index < -0.39 is 5.41 Å². The summed E-state index contributed by atoms with van der Waals surface area (Å²) < 4.78 is 0. The quantitative estimate of drug-likeness (QED) is 0.431. The summed E-state index contributed by atoms with van der Waals surface area (Å²) in [7, 11) is 0. The van der Waals surface area contributed by atoms with Crippen molar-refractivity contribution >= 4 is 51.9 Å². The van der Waals surface area contributed by atoms with E-state index in [2.05, 4.69) is 21.9 Å². The number of carbonyl (C=O) groups excluding carboxylic acids is 1. The van der Waals surface area contributed by atoms with Crippen molar-refractivity contribution in [2.24, 2.45) is 10.5 Å². The van der Waals surface area contributed by atoms with Crippen molar-refractivity contribution in [3.05, 3.63) is 87.9 Å². The van der Waals surface area contributed by atoms with Gasteiger partial charge in [0.05, 0.1) is 17.4 Å². The number of anilines is 3. The third-order valence-electron chi connectivity index (χ3n) is 7.70.